The molecule has 3 aromatic rings. The minimum absolute atomic E-state index is 0.0562. The second-order valence-electron chi connectivity index (χ2n) is 6.79. The van der Waals surface area contributed by atoms with Crippen LogP contribution in [0.3, 0.4) is 0 Å². The highest BCUT2D eigenvalue weighted by Gasteiger charge is 2.16. The molecule has 0 aliphatic rings. The van der Waals surface area contributed by atoms with Gasteiger partial charge in [-0.1, -0.05) is 59.8 Å². The number of halogens is 1. The van der Waals surface area contributed by atoms with Gasteiger partial charge in [-0.3, -0.25) is 9.59 Å². The number of thioether (sulfide) groups is 1. The van der Waals surface area contributed by atoms with Crippen LogP contribution in [0, 0.1) is 13.8 Å². The van der Waals surface area contributed by atoms with Gasteiger partial charge < -0.3 is 10.3 Å². The molecule has 0 radical (unpaired) electrons. The Morgan fingerprint density at radius 2 is 1.93 bits per heavy atom. The molecule has 150 valence electrons. The number of rotatable bonds is 6. The summed E-state index contributed by atoms with van der Waals surface area (Å²) in [5.74, 6) is -0.288. The van der Waals surface area contributed by atoms with Crippen LogP contribution in [0.4, 0.5) is 5.69 Å². The number of aromatic nitrogens is 2. The topological polar surface area (TPSA) is 74.8 Å². The summed E-state index contributed by atoms with van der Waals surface area (Å²) in [7, 11) is 0. The van der Waals surface area contributed by atoms with E-state index in [0.29, 0.717) is 27.1 Å². The van der Waals surface area contributed by atoms with Crippen molar-refractivity contribution in [3.8, 4) is 0 Å². The Bertz CT molecular complexity index is 1080. The number of amides is 1. The molecule has 1 heterocycles. The molecule has 0 spiro atoms. The van der Waals surface area contributed by atoms with E-state index in [1.807, 2.05) is 43.3 Å². The van der Waals surface area contributed by atoms with Gasteiger partial charge in [0.05, 0.1) is 6.42 Å². The molecule has 0 fully saturated rings. The fraction of sp³-hybridized carbons (Fsp3) is 0.227. The molecule has 0 aliphatic carbocycles. The number of carbonyl (C=O) groups is 1. The molecular formula is C22H22ClN3O2S. The van der Waals surface area contributed by atoms with Crippen LogP contribution in [0.1, 0.15) is 34.6 Å². The monoisotopic (exact) mass is 427 g/mol. The van der Waals surface area contributed by atoms with Crippen molar-refractivity contribution in [3.63, 3.8) is 0 Å². The van der Waals surface area contributed by atoms with Crippen LogP contribution in [0.2, 0.25) is 5.02 Å². The zero-order chi connectivity index (χ0) is 21.0. The van der Waals surface area contributed by atoms with E-state index in [9.17, 15) is 9.59 Å². The maximum atomic E-state index is 12.6. The number of benzene rings is 2. The molecule has 1 atom stereocenters. The second-order valence-corrected chi connectivity index (χ2v) is 8.56. The minimum Gasteiger partial charge on any atom is -0.326 e. The predicted molar refractivity (Wildman–Crippen MR) is 119 cm³/mol. The molecule has 0 saturated heterocycles. The Kier molecular flexibility index (Phi) is 6.77. The van der Waals surface area contributed by atoms with E-state index >= 15 is 0 Å². The average molecular weight is 428 g/mol. The number of aryl methyl sites for hydroxylation is 2. The number of hydrogen-bond donors (Lipinski definition) is 2. The van der Waals surface area contributed by atoms with Gasteiger partial charge in [0.25, 0.3) is 5.56 Å². The molecule has 1 unspecified atom stereocenters. The summed E-state index contributed by atoms with van der Waals surface area (Å²) in [5.41, 5.74) is 3.30. The molecule has 2 aromatic carbocycles. The molecule has 5 nitrogen and oxygen atoms in total. The number of H-pyrrole nitrogens is 1. The van der Waals surface area contributed by atoms with Crippen molar-refractivity contribution in [3.05, 3.63) is 86.3 Å². The molecule has 1 amide bonds. The van der Waals surface area contributed by atoms with Crippen molar-refractivity contribution in [1.82, 2.24) is 9.97 Å². The van der Waals surface area contributed by atoms with E-state index < -0.39 is 0 Å². The molecule has 0 saturated carbocycles. The van der Waals surface area contributed by atoms with E-state index in [-0.39, 0.29) is 23.1 Å². The van der Waals surface area contributed by atoms with Gasteiger partial charge in [-0.2, -0.15) is 0 Å². The maximum Gasteiger partial charge on any atom is 0.255 e. The van der Waals surface area contributed by atoms with Crippen LogP contribution in [0.5, 0.6) is 0 Å². The number of carbonyl (C=O) groups excluding carboxylic acids is 1. The standard InChI is InChI=1S/C22H22ClN3O2S/c1-13-9-10-17(23)11-19(13)25-20(27)12-18-14(2)24-22(26-21(18)28)29-15(3)16-7-5-4-6-8-16/h4-11,15H,12H2,1-3H3,(H,25,27)(H,24,26,28). The van der Waals surface area contributed by atoms with Gasteiger partial charge in [-0.25, -0.2) is 4.98 Å². The van der Waals surface area contributed by atoms with E-state index in [4.69, 9.17) is 11.6 Å². The van der Waals surface area contributed by atoms with Crippen molar-refractivity contribution in [2.24, 2.45) is 0 Å². The second kappa shape index (κ2) is 9.29. The van der Waals surface area contributed by atoms with Crippen LogP contribution >= 0.6 is 23.4 Å². The van der Waals surface area contributed by atoms with Gasteiger partial charge in [-0.15, -0.1) is 0 Å². The minimum atomic E-state index is -0.293. The van der Waals surface area contributed by atoms with Crippen molar-refractivity contribution < 1.29 is 4.79 Å². The summed E-state index contributed by atoms with van der Waals surface area (Å²) < 4.78 is 0. The molecular weight excluding hydrogens is 406 g/mol. The first-order valence-electron chi connectivity index (χ1n) is 9.21. The maximum absolute atomic E-state index is 12.6. The van der Waals surface area contributed by atoms with E-state index in [1.54, 1.807) is 19.1 Å². The number of nitrogens with zero attached hydrogens (tertiary/aromatic N) is 1. The first-order chi connectivity index (χ1) is 13.8. The molecule has 3 rings (SSSR count). The third-order valence-electron chi connectivity index (χ3n) is 4.57. The zero-order valence-corrected chi connectivity index (χ0v) is 18.0. The first kappa shape index (κ1) is 21.1. The van der Waals surface area contributed by atoms with Gasteiger partial charge in [0, 0.05) is 27.2 Å². The third-order valence-corrected chi connectivity index (χ3v) is 5.85. The van der Waals surface area contributed by atoms with Crippen LogP contribution in [-0.2, 0) is 11.2 Å². The quantitative estimate of drug-likeness (QED) is 0.425. The summed E-state index contributed by atoms with van der Waals surface area (Å²) in [6.45, 7) is 5.69. The van der Waals surface area contributed by atoms with Crippen LogP contribution in [-0.4, -0.2) is 15.9 Å². The molecule has 29 heavy (non-hydrogen) atoms. The van der Waals surface area contributed by atoms with E-state index in [1.165, 1.54) is 11.8 Å². The van der Waals surface area contributed by atoms with Crippen molar-refractivity contribution in [1.29, 1.82) is 0 Å². The lowest BCUT2D eigenvalue weighted by Crippen LogP contribution is -2.24. The fourth-order valence-corrected chi connectivity index (χ4v) is 4.03. The van der Waals surface area contributed by atoms with Crippen LogP contribution < -0.4 is 10.9 Å². The van der Waals surface area contributed by atoms with Gasteiger partial charge in [0.15, 0.2) is 5.16 Å². The Balaban J connectivity index is 1.73. The highest BCUT2D eigenvalue weighted by atomic mass is 35.5. The molecule has 1 aromatic heterocycles. The first-order valence-corrected chi connectivity index (χ1v) is 10.5. The lowest BCUT2D eigenvalue weighted by atomic mass is 10.1. The predicted octanol–water partition coefficient (Wildman–Crippen LogP) is 5.07. The fourth-order valence-electron chi connectivity index (χ4n) is 2.89. The molecule has 0 bridgehead atoms. The SMILES string of the molecule is Cc1ccc(Cl)cc1NC(=O)Cc1c(C)nc(SC(C)c2ccccc2)[nH]c1=O. The Morgan fingerprint density at radius 3 is 2.62 bits per heavy atom. The lowest BCUT2D eigenvalue weighted by molar-refractivity contribution is -0.115. The summed E-state index contributed by atoms with van der Waals surface area (Å²) in [6, 6.07) is 15.3. The highest BCUT2D eigenvalue weighted by Crippen LogP contribution is 2.32. The third kappa shape index (κ3) is 5.49. The number of nitrogens with one attached hydrogen (secondary N) is 2. The normalized spacial score (nSPS) is 11.9. The zero-order valence-electron chi connectivity index (χ0n) is 16.5. The van der Waals surface area contributed by atoms with E-state index in [2.05, 4.69) is 22.2 Å². The van der Waals surface area contributed by atoms with Crippen molar-refractivity contribution in [2.75, 3.05) is 5.32 Å². The number of hydrogen-bond acceptors (Lipinski definition) is 4. The van der Waals surface area contributed by atoms with Crippen molar-refractivity contribution >= 4 is 35.0 Å². The Morgan fingerprint density at radius 1 is 1.21 bits per heavy atom. The summed E-state index contributed by atoms with van der Waals surface area (Å²) in [6.07, 6.45) is -0.0562. The molecule has 7 heteroatoms. The number of anilines is 1. The molecule has 2 N–H and O–H groups in total. The number of aromatic amines is 1. The Hall–Kier alpha value is -2.57. The van der Waals surface area contributed by atoms with Crippen LogP contribution in [0.15, 0.2) is 58.5 Å². The van der Waals surface area contributed by atoms with E-state index in [0.717, 1.165) is 11.1 Å². The van der Waals surface area contributed by atoms with Gasteiger partial charge in [0.2, 0.25) is 5.91 Å². The van der Waals surface area contributed by atoms with Gasteiger partial charge in [0.1, 0.15) is 0 Å². The van der Waals surface area contributed by atoms with Gasteiger partial charge in [-0.05, 0) is 44.0 Å². The largest absolute Gasteiger partial charge is 0.326 e. The lowest BCUT2D eigenvalue weighted by Gasteiger charge is -2.13. The molecule has 0 aliphatic heterocycles. The smallest absolute Gasteiger partial charge is 0.255 e. The summed E-state index contributed by atoms with van der Waals surface area (Å²) in [4.78, 5) is 32.3. The van der Waals surface area contributed by atoms with Gasteiger partial charge >= 0.3 is 0 Å². The van der Waals surface area contributed by atoms with Crippen LogP contribution in [0.25, 0.3) is 0 Å². The summed E-state index contributed by atoms with van der Waals surface area (Å²) in [5, 5.41) is 4.03. The van der Waals surface area contributed by atoms with Crippen molar-refractivity contribution in [2.45, 2.75) is 37.6 Å². The summed E-state index contributed by atoms with van der Waals surface area (Å²) >= 11 is 7.47. The average Bonchev–Trinajstić information content (AvgIpc) is 2.68. The highest BCUT2D eigenvalue weighted by molar-refractivity contribution is 7.99. The Labute approximate surface area is 178 Å².